The van der Waals surface area contributed by atoms with E-state index >= 15 is 0 Å². The van der Waals surface area contributed by atoms with Crippen molar-refractivity contribution in [1.82, 2.24) is 9.97 Å². The number of aromatic nitrogens is 2. The van der Waals surface area contributed by atoms with Crippen LogP contribution in [0, 0.1) is 5.82 Å². The van der Waals surface area contributed by atoms with E-state index < -0.39 is 5.82 Å². The van der Waals surface area contributed by atoms with E-state index in [2.05, 4.69) is 20.0 Å². The molecule has 0 spiro atoms. The molecule has 1 N–H and O–H groups in total. The van der Waals surface area contributed by atoms with Crippen molar-refractivity contribution in [3.8, 4) is 11.1 Å². The molecule has 1 aromatic heterocycles. The highest BCUT2D eigenvalue weighted by Crippen LogP contribution is 2.25. The standard InChI is InChI=1S/C23H29FN4O4/c24-22-17(16-29)4-3-5-20(22)18-14-25-23(26-15-18)28-9-7-19(8-10-28)27-32-13-12-31-21-6-1-2-11-30-21/h3-5,14-15,21,29H,1-2,6-13,16H2. The lowest BCUT2D eigenvalue weighted by molar-refractivity contribution is -0.169. The fourth-order valence-electron chi connectivity index (χ4n) is 3.80. The number of anilines is 1. The van der Waals surface area contributed by atoms with Gasteiger partial charge in [0.25, 0.3) is 0 Å². The van der Waals surface area contributed by atoms with E-state index in [0.717, 1.165) is 57.5 Å². The molecule has 2 aromatic rings. The smallest absolute Gasteiger partial charge is 0.225 e. The van der Waals surface area contributed by atoms with Gasteiger partial charge in [-0.05, 0) is 19.3 Å². The molecule has 3 heterocycles. The number of ether oxygens (including phenoxy) is 2. The maximum atomic E-state index is 14.4. The molecule has 8 nitrogen and oxygen atoms in total. The lowest BCUT2D eigenvalue weighted by atomic mass is 10.1. The monoisotopic (exact) mass is 444 g/mol. The molecule has 0 amide bonds. The molecule has 1 atom stereocenters. The minimum Gasteiger partial charge on any atom is -0.393 e. The van der Waals surface area contributed by atoms with Crippen molar-refractivity contribution in [1.29, 1.82) is 0 Å². The summed E-state index contributed by atoms with van der Waals surface area (Å²) < 4.78 is 25.6. The second kappa shape index (κ2) is 11.3. The first kappa shape index (κ1) is 22.6. The Hall–Kier alpha value is -2.62. The number of aliphatic hydroxyl groups is 1. The zero-order valence-corrected chi connectivity index (χ0v) is 18.1. The van der Waals surface area contributed by atoms with Crippen molar-refractivity contribution in [3.63, 3.8) is 0 Å². The van der Waals surface area contributed by atoms with Gasteiger partial charge in [-0.1, -0.05) is 23.4 Å². The summed E-state index contributed by atoms with van der Waals surface area (Å²) in [6, 6.07) is 4.92. The maximum Gasteiger partial charge on any atom is 0.225 e. The molecular formula is C23H29FN4O4. The number of piperidine rings is 1. The normalized spacial score (nSPS) is 19.1. The van der Waals surface area contributed by atoms with Crippen LogP contribution in [0.25, 0.3) is 11.1 Å². The number of benzene rings is 1. The summed E-state index contributed by atoms with van der Waals surface area (Å²) in [7, 11) is 0. The first-order valence-electron chi connectivity index (χ1n) is 11.1. The van der Waals surface area contributed by atoms with Gasteiger partial charge in [-0.25, -0.2) is 14.4 Å². The van der Waals surface area contributed by atoms with Crippen LogP contribution in [0.5, 0.6) is 0 Å². The molecule has 1 aromatic carbocycles. The van der Waals surface area contributed by atoms with Crippen molar-refractivity contribution in [3.05, 3.63) is 42.0 Å². The topological polar surface area (TPSA) is 89.3 Å². The number of hydrogen-bond donors (Lipinski definition) is 1. The SMILES string of the molecule is OCc1cccc(-c2cnc(N3CCC(=NOCCOC4CCCCO4)CC3)nc2)c1F. The fourth-order valence-corrected chi connectivity index (χ4v) is 3.80. The Labute approximate surface area is 187 Å². The van der Waals surface area contributed by atoms with Crippen LogP contribution in [-0.2, 0) is 20.9 Å². The summed E-state index contributed by atoms with van der Waals surface area (Å²) >= 11 is 0. The largest absolute Gasteiger partial charge is 0.393 e. The average Bonchev–Trinajstić information content (AvgIpc) is 2.85. The van der Waals surface area contributed by atoms with Crippen molar-refractivity contribution in [2.45, 2.75) is 45.0 Å². The number of nitrogens with zero attached hydrogens (tertiary/aromatic N) is 4. The van der Waals surface area contributed by atoms with Crippen LogP contribution in [-0.4, -0.2) is 60.0 Å². The molecular weight excluding hydrogens is 415 g/mol. The van der Waals surface area contributed by atoms with Crippen LogP contribution < -0.4 is 4.90 Å². The van der Waals surface area contributed by atoms with E-state index in [1.807, 2.05) is 0 Å². The van der Waals surface area contributed by atoms with Gasteiger partial charge < -0.3 is 24.3 Å². The third-order valence-electron chi connectivity index (χ3n) is 5.63. The highest BCUT2D eigenvalue weighted by Gasteiger charge is 2.19. The van der Waals surface area contributed by atoms with Gasteiger partial charge in [0.15, 0.2) is 6.29 Å². The first-order valence-corrected chi connectivity index (χ1v) is 11.1. The molecule has 2 saturated heterocycles. The van der Waals surface area contributed by atoms with Crippen molar-refractivity contribution in [2.75, 3.05) is 37.8 Å². The maximum absolute atomic E-state index is 14.4. The summed E-state index contributed by atoms with van der Waals surface area (Å²) in [5, 5.41) is 13.5. The lowest BCUT2D eigenvalue weighted by Crippen LogP contribution is -2.35. The second-order valence-corrected chi connectivity index (χ2v) is 7.85. The summed E-state index contributed by atoms with van der Waals surface area (Å²) in [4.78, 5) is 16.3. The van der Waals surface area contributed by atoms with Gasteiger partial charge in [0.05, 0.1) is 18.9 Å². The molecule has 0 aliphatic carbocycles. The minimum atomic E-state index is -0.443. The third kappa shape index (κ3) is 5.79. The van der Waals surface area contributed by atoms with Crippen LogP contribution in [0.1, 0.15) is 37.7 Å². The summed E-state index contributed by atoms with van der Waals surface area (Å²) in [6.07, 6.45) is 7.85. The molecule has 0 saturated carbocycles. The van der Waals surface area contributed by atoms with E-state index in [1.165, 1.54) is 0 Å². The second-order valence-electron chi connectivity index (χ2n) is 7.85. The van der Waals surface area contributed by atoms with Gasteiger partial charge in [-0.3, -0.25) is 0 Å². The molecule has 32 heavy (non-hydrogen) atoms. The zero-order valence-electron chi connectivity index (χ0n) is 18.1. The quantitative estimate of drug-likeness (QED) is 0.494. The molecule has 1 unspecified atom stereocenters. The summed E-state index contributed by atoms with van der Waals surface area (Å²) in [5.41, 5.74) is 2.22. The Kier molecular flexibility index (Phi) is 7.97. The van der Waals surface area contributed by atoms with Crippen molar-refractivity contribution >= 4 is 11.7 Å². The molecule has 4 rings (SSSR count). The van der Waals surface area contributed by atoms with Crippen molar-refractivity contribution < 1.29 is 23.8 Å². The number of hydrogen-bond acceptors (Lipinski definition) is 8. The van der Waals surface area contributed by atoms with E-state index in [1.54, 1.807) is 30.6 Å². The number of aliphatic hydroxyl groups excluding tert-OH is 1. The highest BCUT2D eigenvalue weighted by molar-refractivity contribution is 5.86. The van der Waals surface area contributed by atoms with E-state index in [4.69, 9.17) is 14.3 Å². The minimum absolute atomic E-state index is 0.107. The van der Waals surface area contributed by atoms with Crippen LogP contribution in [0.3, 0.4) is 0 Å². The predicted molar refractivity (Wildman–Crippen MR) is 118 cm³/mol. The molecule has 2 fully saturated rings. The Morgan fingerprint density at radius 3 is 2.69 bits per heavy atom. The Balaban J connectivity index is 1.23. The zero-order chi connectivity index (χ0) is 22.2. The molecule has 0 radical (unpaired) electrons. The van der Waals surface area contributed by atoms with Gasteiger partial charge in [-0.2, -0.15) is 0 Å². The first-order chi connectivity index (χ1) is 15.7. The van der Waals surface area contributed by atoms with Gasteiger partial charge in [0.2, 0.25) is 5.95 Å². The predicted octanol–water partition coefficient (Wildman–Crippen LogP) is 3.29. The van der Waals surface area contributed by atoms with E-state index in [-0.39, 0.29) is 18.5 Å². The molecule has 2 aliphatic rings. The van der Waals surface area contributed by atoms with Gasteiger partial charge in [0, 0.05) is 61.6 Å². The Morgan fingerprint density at radius 2 is 1.97 bits per heavy atom. The van der Waals surface area contributed by atoms with Gasteiger partial charge in [-0.15, -0.1) is 0 Å². The summed E-state index contributed by atoms with van der Waals surface area (Å²) in [5.74, 6) is 0.162. The molecule has 2 aliphatic heterocycles. The average molecular weight is 445 g/mol. The lowest BCUT2D eigenvalue weighted by Gasteiger charge is -2.27. The molecule has 172 valence electrons. The molecule has 0 bridgehead atoms. The van der Waals surface area contributed by atoms with Gasteiger partial charge >= 0.3 is 0 Å². The van der Waals surface area contributed by atoms with E-state index in [0.29, 0.717) is 30.3 Å². The number of rotatable bonds is 8. The summed E-state index contributed by atoms with van der Waals surface area (Å²) in [6.45, 7) is 2.78. The van der Waals surface area contributed by atoms with Gasteiger partial charge in [0.1, 0.15) is 12.4 Å². The van der Waals surface area contributed by atoms with Crippen molar-refractivity contribution in [2.24, 2.45) is 5.16 Å². The Morgan fingerprint density at radius 1 is 1.16 bits per heavy atom. The third-order valence-corrected chi connectivity index (χ3v) is 5.63. The highest BCUT2D eigenvalue weighted by atomic mass is 19.1. The van der Waals surface area contributed by atoms with Crippen LogP contribution in [0.15, 0.2) is 35.7 Å². The molecule has 9 heteroatoms. The van der Waals surface area contributed by atoms with Crippen LogP contribution in [0.4, 0.5) is 10.3 Å². The van der Waals surface area contributed by atoms with E-state index in [9.17, 15) is 9.50 Å². The number of halogens is 1. The number of oxime groups is 1. The fraction of sp³-hybridized carbons (Fsp3) is 0.522. The Bertz CT molecular complexity index is 893. The van der Waals surface area contributed by atoms with Crippen LogP contribution in [0.2, 0.25) is 0 Å². The van der Waals surface area contributed by atoms with Crippen LogP contribution >= 0.6 is 0 Å².